The number of imidazole rings is 1. The Labute approximate surface area is 160 Å². The number of nitrogens with zero attached hydrogens (tertiary/aromatic N) is 3. The molecule has 0 saturated carbocycles. The van der Waals surface area contributed by atoms with Crippen LogP contribution < -0.4 is 16.6 Å². The summed E-state index contributed by atoms with van der Waals surface area (Å²) in [6, 6.07) is 14.0. The lowest BCUT2D eigenvalue weighted by atomic mass is 9.93. The number of aromatic nitrogens is 4. The van der Waals surface area contributed by atoms with Gasteiger partial charge >= 0.3 is 5.69 Å². The van der Waals surface area contributed by atoms with Crippen molar-refractivity contribution >= 4 is 17.1 Å². The summed E-state index contributed by atoms with van der Waals surface area (Å²) in [5.74, 6) is 1.54. The first-order chi connectivity index (χ1) is 13.6. The molecule has 1 unspecified atom stereocenters. The van der Waals surface area contributed by atoms with E-state index in [0.29, 0.717) is 23.7 Å². The van der Waals surface area contributed by atoms with E-state index in [0.717, 1.165) is 12.2 Å². The Morgan fingerprint density at radius 3 is 2.61 bits per heavy atom. The zero-order valence-electron chi connectivity index (χ0n) is 15.7. The summed E-state index contributed by atoms with van der Waals surface area (Å²) < 4.78 is 8.63. The molecule has 0 radical (unpaired) electrons. The summed E-state index contributed by atoms with van der Waals surface area (Å²) >= 11 is 0. The van der Waals surface area contributed by atoms with Crippen molar-refractivity contribution in [3.8, 4) is 0 Å². The fraction of sp³-hybridized carbons (Fsp3) is 0.250. The molecule has 0 fully saturated rings. The fourth-order valence-electron chi connectivity index (χ4n) is 3.44. The van der Waals surface area contributed by atoms with Crippen molar-refractivity contribution in [1.82, 2.24) is 19.1 Å². The van der Waals surface area contributed by atoms with Gasteiger partial charge < -0.3 is 14.3 Å². The average Bonchev–Trinajstić information content (AvgIpc) is 3.33. The van der Waals surface area contributed by atoms with Crippen molar-refractivity contribution in [3.63, 3.8) is 0 Å². The van der Waals surface area contributed by atoms with Gasteiger partial charge in [-0.25, -0.2) is 4.79 Å². The van der Waals surface area contributed by atoms with E-state index in [1.165, 1.54) is 10.1 Å². The molecular formula is C20H21N5O3. The van der Waals surface area contributed by atoms with Crippen molar-refractivity contribution in [2.75, 3.05) is 11.9 Å². The molecule has 1 atom stereocenters. The maximum absolute atomic E-state index is 12.1. The molecule has 144 valence electrons. The van der Waals surface area contributed by atoms with Gasteiger partial charge in [0.2, 0.25) is 5.95 Å². The molecule has 3 heterocycles. The highest BCUT2D eigenvalue weighted by Crippen LogP contribution is 2.28. The molecule has 8 heteroatoms. The number of furan rings is 1. The molecule has 4 rings (SSSR count). The van der Waals surface area contributed by atoms with E-state index in [1.807, 2.05) is 30.3 Å². The van der Waals surface area contributed by atoms with Crippen LogP contribution in [0.4, 0.5) is 5.95 Å². The maximum atomic E-state index is 12.1. The molecule has 0 aliphatic heterocycles. The molecule has 0 saturated heterocycles. The Kier molecular flexibility index (Phi) is 4.60. The zero-order chi connectivity index (χ0) is 19.7. The van der Waals surface area contributed by atoms with E-state index in [2.05, 4.69) is 27.4 Å². The Morgan fingerprint density at radius 1 is 1.11 bits per heavy atom. The Balaban J connectivity index is 1.58. The molecule has 0 aliphatic carbocycles. The lowest BCUT2D eigenvalue weighted by Crippen LogP contribution is -2.29. The summed E-state index contributed by atoms with van der Waals surface area (Å²) in [6.07, 6.45) is 2.45. The second kappa shape index (κ2) is 7.22. The highest BCUT2D eigenvalue weighted by atomic mass is 16.3. The highest BCUT2D eigenvalue weighted by molar-refractivity contribution is 5.73. The summed E-state index contributed by atoms with van der Waals surface area (Å²) in [7, 11) is 3.33. The number of benzene rings is 1. The first-order valence-corrected chi connectivity index (χ1v) is 9.04. The fourth-order valence-corrected chi connectivity index (χ4v) is 3.44. The second-order valence-corrected chi connectivity index (χ2v) is 6.68. The van der Waals surface area contributed by atoms with Crippen LogP contribution in [0.3, 0.4) is 0 Å². The minimum absolute atomic E-state index is 0.103. The first-order valence-electron chi connectivity index (χ1n) is 9.04. The van der Waals surface area contributed by atoms with Gasteiger partial charge in [-0.15, -0.1) is 0 Å². The second-order valence-electron chi connectivity index (χ2n) is 6.68. The van der Waals surface area contributed by atoms with Crippen molar-refractivity contribution in [1.29, 1.82) is 0 Å². The maximum Gasteiger partial charge on any atom is 0.329 e. The number of aryl methyl sites for hydroxylation is 2. The van der Waals surface area contributed by atoms with Crippen molar-refractivity contribution in [2.24, 2.45) is 14.1 Å². The topological polar surface area (TPSA) is 97.8 Å². The van der Waals surface area contributed by atoms with E-state index < -0.39 is 11.2 Å². The largest absolute Gasteiger partial charge is 0.469 e. The van der Waals surface area contributed by atoms with Crippen LogP contribution in [0.25, 0.3) is 11.2 Å². The summed E-state index contributed by atoms with van der Waals surface area (Å²) in [5, 5.41) is 3.28. The quantitative estimate of drug-likeness (QED) is 0.535. The van der Waals surface area contributed by atoms with Crippen LogP contribution in [0.15, 0.2) is 62.7 Å². The number of fused-ring (bicyclic) bond motifs is 1. The molecule has 0 spiro atoms. The predicted octanol–water partition coefficient (Wildman–Crippen LogP) is 2.19. The number of H-pyrrole nitrogens is 1. The predicted molar refractivity (Wildman–Crippen MR) is 107 cm³/mol. The Bertz CT molecular complexity index is 1200. The Hall–Kier alpha value is -3.55. The number of rotatable bonds is 6. The van der Waals surface area contributed by atoms with Crippen molar-refractivity contribution in [2.45, 2.75) is 12.3 Å². The molecule has 1 aromatic carbocycles. The molecule has 0 aliphatic rings. The summed E-state index contributed by atoms with van der Waals surface area (Å²) in [4.78, 5) is 30.7. The number of anilines is 1. The monoisotopic (exact) mass is 379 g/mol. The van der Waals surface area contributed by atoms with Crippen LogP contribution in [0, 0.1) is 0 Å². The van der Waals surface area contributed by atoms with Crippen molar-refractivity contribution in [3.05, 3.63) is 80.9 Å². The summed E-state index contributed by atoms with van der Waals surface area (Å²) in [6.45, 7) is 0.614. The normalized spacial score (nSPS) is 12.4. The molecule has 3 aromatic heterocycles. The number of aromatic amines is 1. The average molecular weight is 379 g/mol. The smallest absolute Gasteiger partial charge is 0.329 e. The molecule has 2 N–H and O–H groups in total. The standard InChI is InChI=1S/C20H21N5O3/c1-24-16-17(25(2)20(27)23-18(16)26)22-19(24)21-11-10-14(15-9-6-12-28-15)13-7-4-3-5-8-13/h3-9,12,14H,10-11H2,1-2H3,(H,21,22)(H,23,26,27). The van der Waals surface area contributed by atoms with E-state index in [9.17, 15) is 9.59 Å². The van der Waals surface area contributed by atoms with Crippen LogP contribution in [-0.4, -0.2) is 25.6 Å². The van der Waals surface area contributed by atoms with E-state index in [-0.39, 0.29) is 5.92 Å². The van der Waals surface area contributed by atoms with Crippen molar-refractivity contribution < 1.29 is 4.42 Å². The third-order valence-electron chi connectivity index (χ3n) is 4.94. The van der Waals surface area contributed by atoms with Gasteiger partial charge in [0.15, 0.2) is 11.2 Å². The van der Waals surface area contributed by atoms with Gasteiger partial charge in [-0.2, -0.15) is 4.98 Å². The van der Waals surface area contributed by atoms with Crippen LogP contribution in [0.5, 0.6) is 0 Å². The third kappa shape index (κ3) is 3.13. The number of hydrogen-bond donors (Lipinski definition) is 2. The number of nitrogens with one attached hydrogen (secondary N) is 2. The SMILES string of the molecule is Cn1c(NCCC(c2ccccc2)c2ccco2)nc2c1c(=O)[nH]c(=O)n2C. The van der Waals surface area contributed by atoms with Crippen LogP contribution >= 0.6 is 0 Å². The van der Waals surface area contributed by atoms with Crippen LogP contribution in [0.1, 0.15) is 23.7 Å². The minimum atomic E-state index is -0.482. The molecular weight excluding hydrogens is 358 g/mol. The molecule has 0 amide bonds. The van der Waals surface area contributed by atoms with Crippen LogP contribution in [0.2, 0.25) is 0 Å². The van der Waals surface area contributed by atoms with E-state index in [1.54, 1.807) is 24.9 Å². The van der Waals surface area contributed by atoms with Gasteiger partial charge in [0.05, 0.1) is 6.26 Å². The third-order valence-corrected chi connectivity index (χ3v) is 4.94. The van der Waals surface area contributed by atoms with Gasteiger partial charge in [0.25, 0.3) is 5.56 Å². The molecule has 28 heavy (non-hydrogen) atoms. The van der Waals surface area contributed by atoms with Gasteiger partial charge in [-0.1, -0.05) is 30.3 Å². The zero-order valence-corrected chi connectivity index (χ0v) is 15.7. The van der Waals surface area contributed by atoms with Gasteiger partial charge in [-0.05, 0) is 24.1 Å². The van der Waals surface area contributed by atoms with Gasteiger partial charge in [0, 0.05) is 26.6 Å². The molecule has 0 bridgehead atoms. The lowest BCUT2D eigenvalue weighted by Gasteiger charge is -2.16. The summed E-state index contributed by atoms with van der Waals surface area (Å²) in [5.41, 5.74) is 0.950. The lowest BCUT2D eigenvalue weighted by molar-refractivity contribution is 0.477. The minimum Gasteiger partial charge on any atom is -0.469 e. The highest BCUT2D eigenvalue weighted by Gasteiger charge is 2.18. The Morgan fingerprint density at radius 2 is 1.89 bits per heavy atom. The number of hydrogen-bond acceptors (Lipinski definition) is 5. The van der Waals surface area contributed by atoms with Crippen LogP contribution in [-0.2, 0) is 14.1 Å². The van der Waals surface area contributed by atoms with Gasteiger partial charge in [0.1, 0.15) is 5.76 Å². The molecule has 8 nitrogen and oxygen atoms in total. The van der Waals surface area contributed by atoms with E-state index >= 15 is 0 Å². The first kappa shape index (κ1) is 17.8. The molecule has 4 aromatic rings. The van der Waals surface area contributed by atoms with Gasteiger partial charge in [-0.3, -0.25) is 14.3 Å². The van der Waals surface area contributed by atoms with E-state index in [4.69, 9.17) is 4.42 Å².